The highest BCUT2D eigenvalue weighted by Gasteiger charge is 2.44. The van der Waals surface area contributed by atoms with Crippen LogP contribution >= 0.6 is 0 Å². The molecular formula is C8H13F3N2O3. The van der Waals surface area contributed by atoms with E-state index in [1.54, 1.807) is 6.92 Å². The van der Waals surface area contributed by atoms with Crippen LogP contribution in [0, 0.1) is 5.92 Å². The molecule has 0 aliphatic rings. The van der Waals surface area contributed by atoms with E-state index in [9.17, 15) is 22.8 Å². The Labute approximate surface area is 90.0 Å². The van der Waals surface area contributed by atoms with Crippen LogP contribution in [0.3, 0.4) is 0 Å². The van der Waals surface area contributed by atoms with Crippen molar-refractivity contribution in [2.24, 2.45) is 5.92 Å². The first-order valence-electron chi connectivity index (χ1n) is 4.56. The fourth-order valence-electron chi connectivity index (χ4n) is 0.933. The van der Waals surface area contributed by atoms with Gasteiger partial charge >= 0.3 is 12.1 Å². The Morgan fingerprint density at radius 2 is 1.94 bits per heavy atom. The number of hydrogen-bond acceptors (Lipinski definition) is 3. The number of carboxylic acids is 1. The number of likely N-dealkylation sites (N-methyl/N-ethyl adjacent to an activating group) is 1. The molecule has 5 nitrogen and oxygen atoms in total. The average Bonchev–Trinajstić information content (AvgIpc) is 2.10. The lowest BCUT2D eigenvalue weighted by Gasteiger charge is -2.16. The summed E-state index contributed by atoms with van der Waals surface area (Å²) in [7, 11) is 0. The fraction of sp³-hybridized carbons (Fsp3) is 0.750. The largest absolute Gasteiger partial charge is 0.481 e. The van der Waals surface area contributed by atoms with Gasteiger partial charge in [-0.25, -0.2) is 0 Å². The van der Waals surface area contributed by atoms with Crippen molar-refractivity contribution < 1.29 is 27.9 Å². The number of carbonyl (C=O) groups excluding carboxylic acids is 1. The first-order chi connectivity index (χ1) is 7.29. The van der Waals surface area contributed by atoms with Gasteiger partial charge in [-0.15, -0.1) is 0 Å². The maximum Gasteiger partial charge on any atom is 0.403 e. The van der Waals surface area contributed by atoms with E-state index < -0.39 is 30.5 Å². The van der Waals surface area contributed by atoms with E-state index in [0.717, 1.165) is 0 Å². The Balaban J connectivity index is 4.05. The normalized spacial score (nSPS) is 13.2. The smallest absolute Gasteiger partial charge is 0.403 e. The summed E-state index contributed by atoms with van der Waals surface area (Å²) in [6.07, 6.45) is -4.82. The summed E-state index contributed by atoms with van der Waals surface area (Å²) in [6, 6.07) is 0. The molecule has 0 rings (SSSR count). The Morgan fingerprint density at radius 3 is 2.31 bits per heavy atom. The Morgan fingerprint density at radius 1 is 1.38 bits per heavy atom. The van der Waals surface area contributed by atoms with E-state index in [-0.39, 0.29) is 6.54 Å². The minimum atomic E-state index is -4.82. The number of aliphatic carboxylic acids is 1. The van der Waals surface area contributed by atoms with Crippen molar-refractivity contribution in [2.45, 2.75) is 13.1 Å². The van der Waals surface area contributed by atoms with Crippen LogP contribution < -0.4 is 10.6 Å². The van der Waals surface area contributed by atoms with E-state index in [1.807, 2.05) is 0 Å². The number of carbonyl (C=O) groups is 2. The van der Waals surface area contributed by atoms with Crippen LogP contribution in [0.2, 0.25) is 0 Å². The molecule has 3 N–H and O–H groups in total. The van der Waals surface area contributed by atoms with Gasteiger partial charge in [0.1, 0.15) is 0 Å². The molecule has 0 heterocycles. The Kier molecular flexibility index (Phi) is 5.79. The lowest BCUT2D eigenvalue weighted by Crippen LogP contribution is -2.42. The predicted molar refractivity (Wildman–Crippen MR) is 48.7 cm³/mol. The molecule has 8 heteroatoms. The third-order valence-electron chi connectivity index (χ3n) is 1.70. The van der Waals surface area contributed by atoms with E-state index in [4.69, 9.17) is 5.11 Å². The zero-order valence-corrected chi connectivity index (χ0v) is 8.60. The summed E-state index contributed by atoms with van der Waals surface area (Å²) in [6.45, 7) is 0.861. The highest BCUT2D eigenvalue weighted by atomic mass is 19.4. The number of alkyl halides is 3. The van der Waals surface area contributed by atoms with Crippen molar-refractivity contribution in [1.82, 2.24) is 10.6 Å². The summed E-state index contributed by atoms with van der Waals surface area (Å²) in [5, 5.41) is 12.8. The van der Waals surface area contributed by atoms with Crippen LogP contribution in [-0.2, 0) is 9.59 Å². The molecular weight excluding hydrogens is 229 g/mol. The van der Waals surface area contributed by atoms with Crippen molar-refractivity contribution >= 4 is 11.9 Å². The second-order valence-electron chi connectivity index (χ2n) is 3.02. The van der Waals surface area contributed by atoms with Gasteiger partial charge < -0.3 is 15.7 Å². The molecule has 94 valence electrons. The quantitative estimate of drug-likeness (QED) is 0.611. The van der Waals surface area contributed by atoms with Crippen molar-refractivity contribution in [3.63, 3.8) is 0 Å². The van der Waals surface area contributed by atoms with Gasteiger partial charge in [-0.05, 0) is 6.92 Å². The Hall–Kier alpha value is -1.31. The molecule has 0 aromatic carbocycles. The van der Waals surface area contributed by atoms with E-state index >= 15 is 0 Å². The standard InChI is InChI=1S/C8H13F3N2O3/c1-2-13-6(14)4-12-3-5(7(15)16)8(9,10)11/h5,12H,2-4H2,1H3,(H,13,14)(H,15,16). The minimum absolute atomic E-state index is 0.340. The van der Waals surface area contributed by atoms with E-state index in [2.05, 4.69) is 10.6 Å². The summed E-state index contributed by atoms with van der Waals surface area (Å²) in [5.74, 6) is -4.94. The van der Waals surface area contributed by atoms with Gasteiger partial charge in [0.25, 0.3) is 0 Å². The van der Waals surface area contributed by atoms with Crippen molar-refractivity contribution in [3.8, 4) is 0 Å². The van der Waals surface area contributed by atoms with Crippen molar-refractivity contribution in [1.29, 1.82) is 0 Å². The summed E-state index contributed by atoms with van der Waals surface area (Å²) in [4.78, 5) is 21.1. The van der Waals surface area contributed by atoms with E-state index in [1.165, 1.54) is 0 Å². The van der Waals surface area contributed by atoms with Crippen molar-refractivity contribution in [2.75, 3.05) is 19.6 Å². The second kappa shape index (κ2) is 6.31. The first kappa shape index (κ1) is 14.7. The van der Waals surface area contributed by atoms with Crippen LogP contribution in [0.25, 0.3) is 0 Å². The lowest BCUT2D eigenvalue weighted by molar-refractivity contribution is -0.192. The van der Waals surface area contributed by atoms with Gasteiger partial charge in [-0.2, -0.15) is 13.2 Å². The van der Waals surface area contributed by atoms with Gasteiger partial charge in [0, 0.05) is 13.1 Å². The number of halogens is 3. The van der Waals surface area contributed by atoms with Crippen molar-refractivity contribution in [3.05, 3.63) is 0 Å². The average molecular weight is 242 g/mol. The SMILES string of the molecule is CCNC(=O)CNCC(C(=O)O)C(F)(F)F. The molecule has 0 aromatic rings. The highest BCUT2D eigenvalue weighted by molar-refractivity contribution is 5.78. The molecule has 0 aromatic heterocycles. The van der Waals surface area contributed by atoms with Gasteiger partial charge in [0.15, 0.2) is 5.92 Å². The first-order valence-corrected chi connectivity index (χ1v) is 4.56. The van der Waals surface area contributed by atoms with Crippen LogP contribution in [0.5, 0.6) is 0 Å². The Bertz CT molecular complexity index is 255. The molecule has 1 unspecified atom stereocenters. The number of amides is 1. The number of hydrogen-bond donors (Lipinski definition) is 3. The van der Waals surface area contributed by atoms with Crippen LogP contribution in [0.4, 0.5) is 13.2 Å². The van der Waals surface area contributed by atoms with Crippen LogP contribution in [0.15, 0.2) is 0 Å². The predicted octanol–water partition coefficient (Wildman–Crippen LogP) is -0.0248. The molecule has 1 atom stereocenters. The molecule has 0 saturated heterocycles. The monoisotopic (exact) mass is 242 g/mol. The zero-order chi connectivity index (χ0) is 12.8. The molecule has 0 aliphatic heterocycles. The topological polar surface area (TPSA) is 78.4 Å². The molecule has 0 bridgehead atoms. The van der Waals surface area contributed by atoms with Gasteiger partial charge in [0.05, 0.1) is 6.54 Å². The molecule has 0 saturated carbocycles. The highest BCUT2D eigenvalue weighted by Crippen LogP contribution is 2.25. The number of carboxylic acid groups (broad SMARTS) is 1. The molecule has 16 heavy (non-hydrogen) atoms. The summed E-state index contributed by atoms with van der Waals surface area (Å²) in [5.41, 5.74) is 0. The molecule has 0 fully saturated rings. The molecule has 0 spiro atoms. The van der Waals surface area contributed by atoms with Gasteiger partial charge in [0.2, 0.25) is 5.91 Å². The summed E-state index contributed by atoms with van der Waals surface area (Å²) >= 11 is 0. The molecule has 0 aliphatic carbocycles. The molecule has 0 radical (unpaired) electrons. The number of nitrogens with one attached hydrogen (secondary N) is 2. The number of rotatable bonds is 6. The third-order valence-corrected chi connectivity index (χ3v) is 1.70. The fourth-order valence-corrected chi connectivity index (χ4v) is 0.933. The van der Waals surface area contributed by atoms with Gasteiger partial charge in [-0.1, -0.05) is 0 Å². The summed E-state index contributed by atoms with van der Waals surface area (Å²) < 4.78 is 36.4. The lowest BCUT2D eigenvalue weighted by atomic mass is 10.1. The molecule has 1 amide bonds. The second-order valence-corrected chi connectivity index (χ2v) is 3.02. The third kappa shape index (κ3) is 5.54. The maximum atomic E-state index is 12.1. The zero-order valence-electron chi connectivity index (χ0n) is 8.60. The van der Waals surface area contributed by atoms with Crippen LogP contribution in [-0.4, -0.2) is 42.8 Å². The van der Waals surface area contributed by atoms with Crippen LogP contribution in [0.1, 0.15) is 6.92 Å². The van der Waals surface area contributed by atoms with E-state index in [0.29, 0.717) is 6.54 Å². The van der Waals surface area contributed by atoms with Gasteiger partial charge in [-0.3, -0.25) is 9.59 Å². The maximum absolute atomic E-state index is 12.1. The minimum Gasteiger partial charge on any atom is -0.481 e.